The predicted octanol–water partition coefficient (Wildman–Crippen LogP) is 2.22. The molecule has 0 aliphatic carbocycles. The number of carbonyl (C=O) groups is 2. The number of likely N-dealkylation sites (tertiary alicyclic amines) is 1. The van der Waals surface area contributed by atoms with E-state index in [2.05, 4.69) is 15.5 Å². The maximum Gasteiger partial charge on any atom is 0.269 e. The summed E-state index contributed by atoms with van der Waals surface area (Å²) in [7, 11) is 0. The summed E-state index contributed by atoms with van der Waals surface area (Å²) in [6.45, 7) is 1.34. The fourth-order valence-electron chi connectivity index (χ4n) is 3.89. The molecule has 156 valence electrons. The standard InChI is InChI=1S/C22H23FN4O3/c23-18-6-1-4-16(10-18)11-20(28)27-9-3-7-22(15-27)12-19(26-30-22)21(29)25-14-17-5-2-8-24-13-17/h1-2,4-6,8,10,13H,3,7,9,11-12,14-15H2,(H,25,29)/t22-/m1/s1. The van der Waals surface area contributed by atoms with Crippen LogP contribution in [0.15, 0.2) is 53.9 Å². The first kappa shape index (κ1) is 20.0. The molecule has 1 atom stereocenters. The Kier molecular flexibility index (Phi) is 5.74. The van der Waals surface area contributed by atoms with Gasteiger partial charge in [0.2, 0.25) is 5.91 Å². The van der Waals surface area contributed by atoms with Crippen LogP contribution in [-0.4, -0.2) is 46.1 Å². The monoisotopic (exact) mass is 410 g/mol. The van der Waals surface area contributed by atoms with Crippen LogP contribution in [0.4, 0.5) is 4.39 Å². The molecule has 2 aromatic rings. The number of carbonyl (C=O) groups excluding carboxylic acids is 2. The largest absolute Gasteiger partial charge is 0.386 e. The number of aromatic nitrogens is 1. The van der Waals surface area contributed by atoms with Crippen LogP contribution in [0.2, 0.25) is 0 Å². The van der Waals surface area contributed by atoms with Crippen LogP contribution in [0, 0.1) is 5.82 Å². The molecule has 0 saturated carbocycles. The van der Waals surface area contributed by atoms with Gasteiger partial charge in [0.05, 0.1) is 13.0 Å². The van der Waals surface area contributed by atoms with Crippen LogP contribution in [0.1, 0.15) is 30.4 Å². The summed E-state index contributed by atoms with van der Waals surface area (Å²) < 4.78 is 13.4. The first-order valence-corrected chi connectivity index (χ1v) is 9.97. The predicted molar refractivity (Wildman–Crippen MR) is 108 cm³/mol. The number of hydrogen-bond acceptors (Lipinski definition) is 5. The van der Waals surface area contributed by atoms with E-state index in [4.69, 9.17) is 4.84 Å². The Balaban J connectivity index is 1.33. The molecule has 3 heterocycles. The highest BCUT2D eigenvalue weighted by Crippen LogP contribution is 2.33. The second kappa shape index (κ2) is 8.61. The lowest BCUT2D eigenvalue weighted by molar-refractivity contribution is -0.139. The fraction of sp³-hybridized carbons (Fsp3) is 0.364. The van der Waals surface area contributed by atoms with E-state index in [0.717, 1.165) is 18.4 Å². The molecule has 8 heteroatoms. The highest BCUT2D eigenvalue weighted by atomic mass is 19.1. The van der Waals surface area contributed by atoms with Gasteiger partial charge in [-0.05, 0) is 42.2 Å². The lowest BCUT2D eigenvalue weighted by Crippen LogP contribution is -2.51. The number of nitrogens with one attached hydrogen (secondary N) is 1. The fourth-order valence-corrected chi connectivity index (χ4v) is 3.89. The molecule has 0 radical (unpaired) electrons. The topological polar surface area (TPSA) is 83.9 Å². The van der Waals surface area contributed by atoms with Gasteiger partial charge >= 0.3 is 0 Å². The van der Waals surface area contributed by atoms with Gasteiger partial charge in [-0.3, -0.25) is 14.6 Å². The lowest BCUT2D eigenvalue weighted by atomic mass is 9.87. The summed E-state index contributed by atoms with van der Waals surface area (Å²) in [5, 5.41) is 6.84. The summed E-state index contributed by atoms with van der Waals surface area (Å²) in [5.41, 5.74) is 1.19. The average Bonchev–Trinajstić information content (AvgIpc) is 3.16. The number of hydrogen-bond donors (Lipinski definition) is 1. The Labute approximate surface area is 173 Å². The van der Waals surface area contributed by atoms with Crippen LogP contribution >= 0.6 is 0 Å². The van der Waals surface area contributed by atoms with Gasteiger partial charge in [0, 0.05) is 31.9 Å². The molecule has 7 nitrogen and oxygen atoms in total. The van der Waals surface area contributed by atoms with Gasteiger partial charge in [0.15, 0.2) is 5.60 Å². The first-order chi connectivity index (χ1) is 14.5. The zero-order valence-corrected chi connectivity index (χ0v) is 16.5. The molecule has 1 fully saturated rings. The molecule has 1 aromatic carbocycles. The number of piperidine rings is 1. The van der Waals surface area contributed by atoms with E-state index in [0.29, 0.717) is 37.3 Å². The Morgan fingerprint density at radius 1 is 1.23 bits per heavy atom. The van der Waals surface area contributed by atoms with Crippen molar-refractivity contribution in [2.75, 3.05) is 13.1 Å². The molecular formula is C22H23FN4O3. The Morgan fingerprint density at radius 3 is 2.90 bits per heavy atom. The van der Waals surface area contributed by atoms with Crippen molar-refractivity contribution in [1.29, 1.82) is 0 Å². The third-order valence-corrected chi connectivity index (χ3v) is 5.41. The zero-order chi connectivity index (χ0) is 21.0. The quantitative estimate of drug-likeness (QED) is 0.819. The van der Waals surface area contributed by atoms with Crippen molar-refractivity contribution in [3.8, 4) is 0 Å². The zero-order valence-electron chi connectivity index (χ0n) is 16.5. The molecule has 4 rings (SSSR count). The van der Waals surface area contributed by atoms with Crippen molar-refractivity contribution in [2.24, 2.45) is 5.16 Å². The third kappa shape index (κ3) is 4.64. The molecule has 1 aromatic heterocycles. The van der Waals surface area contributed by atoms with E-state index in [1.165, 1.54) is 12.1 Å². The van der Waals surface area contributed by atoms with Gasteiger partial charge in [0.1, 0.15) is 11.5 Å². The van der Waals surface area contributed by atoms with E-state index in [1.807, 2.05) is 12.1 Å². The number of halogens is 1. The average molecular weight is 410 g/mol. The maximum atomic E-state index is 13.4. The highest BCUT2D eigenvalue weighted by molar-refractivity contribution is 6.39. The van der Waals surface area contributed by atoms with E-state index in [9.17, 15) is 14.0 Å². The van der Waals surface area contributed by atoms with E-state index in [-0.39, 0.29) is 24.1 Å². The van der Waals surface area contributed by atoms with Crippen molar-refractivity contribution in [2.45, 2.75) is 37.8 Å². The molecule has 0 bridgehead atoms. The minimum Gasteiger partial charge on any atom is -0.386 e. The molecule has 30 heavy (non-hydrogen) atoms. The second-order valence-electron chi connectivity index (χ2n) is 7.76. The minimum atomic E-state index is -0.670. The molecule has 1 spiro atoms. The van der Waals surface area contributed by atoms with Crippen LogP contribution in [0.3, 0.4) is 0 Å². The smallest absolute Gasteiger partial charge is 0.269 e. The lowest BCUT2D eigenvalue weighted by Gasteiger charge is -2.38. The van der Waals surface area contributed by atoms with Gasteiger partial charge in [-0.25, -0.2) is 4.39 Å². The van der Waals surface area contributed by atoms with Crippen LogP contribution in [-0.2, 0) is 27.4 Å². The molecule has 2 aliphatic rings. The number of nitrogens with zero attached hydrogens (tertiary/aromatic N) is 3. The number of benzene rings is 1. The number of rotatable bonds is 5. The number of amides is 2. The number of pyridine rings is 1. The summed E-state index contributed by atoms with van der Waals surface area (Å²) in [6.07, 6.45) is 5.34. The Hall–Kier alpha value is -3.29. The van der Waals surface area contributed by atoms with Gasteiger partial charge in [-0.15, -0.1) is 0 Å². The SMILES string of the molecule is O=C(NCc1cccnc1)C1=NO[C@]2(CCCN(C(=O)Cc3cccc(F)c3)C2)C1. The summed E-state index contributed by atoms with van der Waals surface area (Å²) in [6, 6.07) is 9.75. The van der Waals surface area contributed by atoms with Crippen molar-refractivity contribution in [3.05, 3.63) is 65.7 Å². The summed E-state index contributed by atoms with van der Waals surface area (Å²) in [4.78, 5) is 36.6. The molecular weight excluding hydrogens is 387 g/mol. The van der Waals surface area contributed by atoms with Gasteiger partial charge in [-0.2, -0.15) is 0 Å². The normalized spacial score (nSPS) is 20.6. The third-order valence-electron chi connectivity index (χ3n) is 5.41. The minimum absolute atomic E-state index is 0.0854. The molecule has 2 amide bonds. The molecule has 1 saturated heterocycles. The summed E-state index contributed by atoms with van der Waals surface area (Å²) >= 11 is 0. The number of oxime groups is 1. The van der Waals surface area contributed by atoms with Gasteiger partial charge < -0.3 is 15.1 Å². The molecule has 1 N–H and O–H groups in total. The van der Waals surface area contributed by atoms with Crippen molar-refractivity contribution < 1.29 is 18.8 Å². The van der Waals surface area contributed by atoms with Crippen LogP contribution < -0.4 is 5.32 Å². The van der Waals surface area contributed by atoms with E-state index < -0.39 is 5.60 Å². The first-order valence-electron chi connectivity index (χ1n) is 9.97. The highest BCUT2D eigenvalue weighted by Gasteiger charge is 2.45. The van der Waals surface area contributed by atoms with Gasteiger partial charge in [-0.1, -0.05) is 23.4 Å². The summed E-state index contributed by atoms with van der Waals surface area (Å²) in [5.74, 6) is -0.721. The second-order valence-corrected chi connectivity index (χ2v) is 7.76. The van der Waals surface area contributed by atoms with E-state index in [1.54, 1.807) is 29.4 Å². The molecule has 2 aliphatic heterocycles. The maximum absolute atomic E-state index is 13.4. The van der Waals surface area contributed by atoms with Crippen molar-refractivity contribution >= 4 is 17.5 Å². The van der Waals surface area contributed by atoms with Crippen molar-refractivity contribution in [1.82, 2.24) is 15.2 Å². The van der Waals surface area contributed by atoms with Crippen molar-refractivity contribution in [3.63, 3.8) is 0 Å². The van der Waals surface area contributed by atoms with Crippen LogP contribution in [0.5, 0.6) is 0 Å². The Bertz CT molecular complexity index is 966. The Morgan fingerprint density at radius 2 is 2.10 bits per heavy atom. The van der Waals surface area contributed by atoms with E-state index >= 15 is 0 Å². The van der Waals surface area contributed by atoms with Gasteiger partial charge in [0.25, 0.3) is 5.91 Å². The molecule has 0 unspecified atom stereocenters. The van der Waals surface area contributed by atoms with Crippen LogP contribution in [0.25, 0.3) is 0 Å².